The molecule has 0 spiro atoms. The Morgan fingerprint density at radius 3 is 2.59 bits per heavy atom. The van der Waals surface area contributed by atoms with E-state index in [0.29, 0.717) is 5.13 Å². The molecule has 8 heteroatoms. The quantitative estimate of drug-likeness (QED) is 0.653. The standard InChI is InChI=1S/C19H26N4O2S.ClH/c1-11(2)17(20)18(25)21-10-16(24)23-19-22-13(4)15(26-19)9-14-7-5-6-12(3)8-14;/h5-8,11,17H,9-10,20H2,1-4H3,(H,21,25)(H,22,23,24);1H/t17-;/m0./s1. The van der Waals surface area contributed by atoms with E-state index in [1.54, 1.807) is 0 Å². The van der Waals surface area contributed by atoms with Crippen LogP contribution in [0.2, 0.25) is 0 Å². The van der Waals surface area contributed by atoms with E-state index in [-0.39, 0.29) is 36.7 Å². The summed E-state index contributed by atoms with van der Waals surface area (Å²) < 4.78 is 0. The summed E-state index contributed by atoms with van der Waals surface area (Å²) in [6, 6.07) is 7.71. The Morgan fingerprint density at radius 2 is 1.96 bits per heavy atom. The summed E-state index contributed by atoms with van der Waals surface area (Å²) in [6.45, 7) is 7.59. The average molecular weight is 411 g/mol. The zero-order chi connectivity index (χ0) is 19.3. The highest BCUT2D eigenvalue weighted by atomic mass is 35.5. The lowest BCUT2D eigenvalue weighted by molar-refractivity contribution is -0.125. The monoisotopic (exact) mass is 410 g/mol. The molecule has 0 unspecified atom stereocenters. The van der Waals surface area contributed by atoms with Gasteiger partial charge in [0, 0.05) is 11.3 Å². The maximum atomic E-state index is 12.0. The molecule has 0 aliphatic heterocycles. The minimum atomic E-state index is -0.620. The molecule has 0 fully saturated rings. The van der Waals surface area contributed by atoms with E-state index in [4.69, 9.17) is 5.73 Å². The van der Waals surface area contributed by atoms with Crippen LogP contribution in [-0.2, 0) is 16.0 Å². The number of nitrogens with one attached hydrogen (secondary N) is 2. The fourth-order valence-electron chi connectivity index (χ4n) is 2.40. The molecule has 1 aromatic carbocycles. The molecule has 148 valence electrons. The number of nitrogens with two attached hydrogens (primary N) is 1. The normalized spacial score (nSPS) is 11.6. The number of benzene rings is 1. The van der Waals surface area contributed by atoms with Crippen molar-refractivity contribution in [3.63, 3.8) is 0 Å². The largest absolute Gasteiger partial charge is 0.346 e. The first-order valence-electron chi connectivity index (χ1n) is 8.61. The van der Waals surface area contributed by atoms with Crippen molar-refractivity contribution in [1.29, 1.82) is 0 Å². The van der Waals surface area contributed by atoms with Gasteiger partial charge in [0.2, 0.25) is 11.8 Å². The molecule has 0 radical (unpaired) electrons. The van der Waals surface area contributed by atoms with Gasteiger partial charge in [-0.1, -0.05) is 43.7 Å². The summed E-state index contributed by atoms with van der Waals surface area (Å²) in [7, 11) is 0. The number of nitrogens with zero attached hydrogens (tertiary/aromatic N) is 1. The molecule has 27 heavy (non-hydrogen) atoms. The van der Waals surface area contributed by atoms with Gasteiger partial charge in [-0.2, -0.15) is 0 Å². The van der Waals surface area contributed by atoms with Gasteiger partial charge in [0.25, 0.3) is 0 Å². The molecule has 4 N–H and O–H groups in total. The number of hydrogen-bond donors (Lipinski definition) is 3. The van der Waals surface area contributed by atoms with Gasteiger partial charge in [-0.3, -0.25) is 9.59 Å². The summed E-state index contributed by atoms with van der Waals surface area (Å²) in [5.41, 5.74) is 9.08. The molecule has 6 nitrogen and oxygen atoms in total. The molecular formula is C19H27ClN4O2S. The third-order valence-electron chi connectivity index (χ3n) is 4.03. The molecule has 1 atom stereocenters. The SMILES string of the molecule is Cc1cccc(Cc2sc(NC(=O)CNC(=O)[C@@H](N)C(C)C)nc2C)c1.Cl. The maximum absolute atomic E-state index is 12.0. The molecule has 0 aliphatic carbocycles. The van der Waals surface area contributed by atoms with Gasteiger partial charge in [-0.05, 0) is 25.3 Å². The summed E-state index contributed by atoms with van der Waals surface area (Å²) in [5, 5.41) is 5.83. The molecule has 2 rings (SSSR count). The first-order valence-corrected chi connectivity index (χ1v) is 9.43. The number of aryl methyl sites for hydroxylation is 2. The number of amides is 2. The van der Waals surface area contributed by atoms with E-state index in [1.807, 2.05) is 26.8 Å². The second-order valence-electron chi connectivity index (χ2n) is 6.73. The lowest BCUT2D eigenvalue weighted by Crippen LogP contribution is -2.46. The van der Waals surface area contributed by atoms with Crippen LogP contribution in [0.25, 0.3) is 0 Å². The van der Waals surface area contributed by atoms with E-state index in [9.17, 15) is 9.59 Å². The average Bonchev–Trinajstić information content (AvgIpc) is 2.91. The van der Waals surface area contributed by atoms with Crippen LogP contribution in [0.1, 0.15) is 35.5 Å². The first-order chi connectivity index (χ1) is 12.3. The van der Waals surface area contributed by atoms with Crippen LogP contribution in [0.4, 0.5) is 5.13 Å². The predicted molar refractivity (Wildman–Crippen MR) is 113 cm³/mol. The highest BCUT2D eigenvalue weighted by molar-refractivity contribution is 7.15. The van der Waals surface area contributed by atoms with E-state index in [2.05, 4.69) is 40.7 Å². The van der Waals surface area contributed by atoms with Crippen LogP contribution < -0.4 is 16.4 Å². The molecule has 1 heterocycles. The number of anilines is 1. The number of rotatable bonds is 7. The zero-order valence-electron chi connectivity index (χ0n) is 16.0. The minimum Gasteiger partial charge on any atom is -0.346 e. The van der Waals surface area contributed by atoms with Gasteiger partial charge < -0.3 is 16.4 Å². The third-order valence-corrected chi connectivity index (χ3v) is 5.10. The second kappa shape index (κ2) is 10.4. The Kier molecular flexibility index (Phi) is 8.88. The van der Waals surface area contributed by atoms with Crippen LogP contribution in [0.3, 0.4) is 0 Å². The van der Waals surface area contributed by atoms with Gasteiger partial charge in [0.15, 0.2) is 5.13 Å². The third kappa shape index (κ3) is 6.93. The molecule has 1 aromatic heterocycles. The molecule has 2 amide bonds. The fourth-order valence-corrected chi connectivity index (χ4v) is 3.42. The van der Waals surface area contributed by atoms with Crippen LogP contribution in [0, 0.1) is 19.8 Å². The Labute approximate surface area is 170 Å². The summed E-state index contributed by atoms with van der Waals surface area (Å²) in [5.74, 6) is -0.625. The van der Waals surface area contributed by atoms with E-state index in [1.165, 1.54) is 22.5 Å². The molecule has 0 aliphatic rings. The van der Waals surface area contributed by atoms with Crippen molar-refractivity contribution in [1.82, 2.24) is 10.3 Å². The van der Waals surface area contributed by atoms with Gasteiger partial charge in [-0.15, -0.1) is 23.7 Å². The topological polar surface area (TPSA) is 97.1 Å². The number of aromatic nitrogens is 1. The molecule has 0 saturated heterocycles. The number of hydrogen-bond acceptors (Lipinski definition) is 5. The van der Waals surface area contributed by atoms with Crippen molar-refractivity contribution in [2.45, 2.75) is 40.2 Å². The van der Waals surface area contributed by atoms with Crippen molar-refractivity contribution in [3.05, 3.63) is 46.0 Å². The van der Waals surface area contributed by atoms with Crippen LogP contribution in [0.15, 0.2) is 24.3 Å². The van der Waals surface area contributed by atoms with Crippen LogP contribution >= 0.6 is 23.7 Å². The fraction of sp³-hybridized carbons (Fsp3) is 0.421. The number of thiazole rings is 1. The maximum Gasteiger partial charge on any atom is 0.245 e. The first kappa shape index (κ1) is 23.1. The smallest absolute Gasteiger partial charge is 0.245 e. The van der Waals surface area contributed by atoms with Crippen molar-refractivity contribution >= 4 is 40.7 Å². The van der Waals surface area contributed by atoms with Gasteiger partial charge in [-0.25, -0.2) is 4.98 Å². The van der Waals surface area contributed by atoms with E-state index >= 15 is 0 Å². The van der Waals surface area contributed by atoms with Crippen molar-refractivity contribution < 1.29 is 9.59 Å². The predicted octanol–water partition coefficient (Wildman–Crippen LogP) is 2.81. The van der Waals surface area contributed by atoms with Crippen molar-refractivity contribution in [2.75, 3.05) is 11.9 Å². The Hall–Kier alpha value is -1.96. The van der Waals surface area contributed by atoms with Crippen molar-refractivity contribution in [3.8, 4) is 0 Å². The molecule has 0 bridgehead atoms. The summed E-state index contributed by atoms with van der Waals surface area (Å²) >= 11 is 1.45. The zero-order valence-corrected chi connectivity index (χ0v) is 17.7. The van der Waals surface area contributed by atoms with Gasteiger partial charge in [0.05, 0.1) is 18.3 Å². The summed E-state index contributed by atoms with van der Waals surface area (Å²) in [6.07, 6.45) is 0.779. The summed E-state index contributed by atoms with van der Waals surface area (Å²) in [4.78, 5) is 29.4. The van der Waals surface area contributed by atoms with E-state index in [0.717, 1.165) is 17.0 Å². The minimum absolute atomic E-state index is 0. The van der Waals surface area contributed by atoms with E-state index < -0.39 is 6.04 Å². The number of carbonyl (C=O) groups excluding carboxylic acids is 2. The Morgan fingerprint density at radius 1 is 1.26 bits per heavy atom. The molecular weight excluding hydrogens is 384 g/mol. The highest BCUT2D eigenvalue weighted by Crippen LogP contribution is 2.25. The van der Waals surface area contributed by atoms with Crippen LogP contribution in [0.5, 0.6) is 0 Å². The van der Waals surface area contributed by atoms with Crippen molar-refractivity contribution in [2.24, 2.45) is 11.7 Å². The number of carbonyl (C=O) groups is 2. The molecule has 2 aromatic rings. The van der Waals surface area contributed by atoms with Gasteiger partial charge in [0.1, 0.15) is 0 Å². The second-order valence-corrected chi connectivity index (χ2v) is 7.81. The molecule has 0 saturated carbocycles. The van der Waals surface area contributed by atoms with Gasteiger partial charge >= 0.3 is 0 Å². The number of halogens is 1. The van der Waals surface area contributed by atoms with Crippen LogP contribution in [-0.4, -0.2) is 29.4 Å². The lowest BCUT2D eigenvalue weighted by Gasteiger charge is -2.14. The Bertz CT molecular complexity index is 792. The highest BCUT2D eigenvalue weighted by Gasteiger charge is 2.18. The Balaban J connectivity index is 0.00000364. The lowest BCUT2D eigenvalue weighted by atomic mass is 10.1.